The first-order valence-corrected chi connectivity index (χ1v) is 9.62. The zero-order valence-corrected chi connectivity index (χ0v) is 14.6. The average Bonchev–Trinajstić information content (AvgIpc) is 3.09. The quantitative estimate of drug-likeness (QED) is 0.878. The summed E-state index contributed by atoms with van der Waals surface area (Å²) in [4.78, 5) is 12.4. The van der Waals surface area contributed by atoms with Crippen LogP contribution in [0.1, 0.15) is 34.1 Å². The molecule has 0 radical (unpaired) electrons. The van der Waals surface area contributed by atoms with Crippen LogP contribution in [0, 0.1) is 6.92 Å². The Morgan fingerprint density at radius 2 is 1.92 bits per heavy atom. The Labute approximate surface area is 147 Å². The Bertz CT molecular complexity index is 934. The van der Waals surface area contributed by atoms with E-state index in [9.17, 15) is 26.4 Å². The van der Waals surface area contributed by atoms with Crippen molar-refractivity contribution < 1.29 is 26.4 Å². The molecule has 1 amide bonds. The number of sulfone groups is 1. The molecule has 0 bridgehead atoms. The number of carbonyl (C=O) groups is 1. The lowest BCUT2D eigenvalue weighted by Crippen LogP contribution is -2.16. The van der Waals surface area contributed by atoms with Gasteiger partial charge >= 0.3 is 6.18 Å². The fraction of sp³-hybridized carbons (Fsp3) is 0.375. The van der Waals surface area contributed by atoms with Crippen LogP contribution < -0.4 is 5.32 Å². The van der Waals surface area contributed by atoms with Gasteiger partial charge in [-0.3, -0.25) is 9.48 Å². The van der Waals surface area contributed by atoms with Crippen LogP contribution in [0.5, 0.6) is 0 Å². The lowest BCUT2D eigenvalue weighted by atomic mass is 10.2. The minimum Gasteiger partial charge on any atom is -0.322 e. The van der Waals surface area contributed by atoms with Crippen molar-refractivity contribution in [2.75, 3.05) is 16.8 Å². The van der Waals surface area contributed by atoms with E-state index in [-0.39, 0.29) is 28.8 Å². The van der Waals surface area contributed by atoms with Gasteiger partial charge in [0.1, 0.15) is 0 Å². The van der Waals surface area contributed by atoms with Crippen molar-refractivity contribution in [3.8, 4) is 0 Å². The van der Waals surface area contributed by atoms with Gasteiger partial charge < -0.3 is 5.32 Å². The average molecular weight is 387 g/mol. The van der Waals surface area contributed by atoms with Crippen LogP contribution in [-0.4, -0.2) is 35.6 Å². The third-order valence-corrected chi connectivity index (χ3v) is 6.06. The standard InChI is InChI=1S/C16H16F3N3O3S/c1-10-14(8-20-22(10)13-6-7-26(24,25)9-13)15(23)21-12-4-2-11(3-5-12)16(17,18)19/h2-5,8,13H,6-7,9H2,1H3,(H,21,23). The SMILES string of the molecule is Cc1c(C(=O)Nc2ccc(C(F)(F)F)cc2)cnn1C1CCS(=O)(=O)C1. The number of rotatable bonds is 3. The highest BCUT2D eigenvalue weighted by molar-refractivity contribution is 7.91. The van der Waals surface area contributed by atoms with Crippen molar-refractivity contribution in [2.24, 2.45) is 0 Å². The number of nitrogens with one attached hydrogen (secondary N) is 1. The van der Waals surface area contributed by atoms with E-state index in [0.717, 1.165) is 12.1 Å². The molecule has 0 spiro atoms. The van der Waals surface area contributed by atoms with E-state index in [1.54, 1.807) is 6.92 Å². The van der Waals surface area contributed by atoms with E-state index in [0.29, 0.717) is 12.1 Å². The fourth-order valence-electron chi connectivity index (χ4n) is 2.92. The summed E-state index contributed by atoms with van der Waals surface area (Å²) in [5.74, 6) is -0.450. The van der Waals surface area contributed by atoms with E-state index in [2.05, 4.69) is 10.4 Å². The summed E-state index contributed by atoms with van der Waals surface area (Å²) in [5, 5.41) is 6.64. The summed E-state index contributed by atoms with van der Waals surface area (Å²) in [7, 11) is -3.09. The van der Waals surface area contributed by atoms with Crippen LogP contribution in [0.2, 0.25) is 0 Å². The van der Waals surface area contributed by atoms with Gasteiger partial charge in [0.05, 0.1) is 34.9 Å². The zero-order valence-electron chi connectivity index (χ0n) is 13.7. The monoisotopic (exact) mass is 387 g/mol. The van der Waals surface area contributed by atoms with Gasteiger partial charge in [0.2, 0.25) is 0 Å². The number of anilines is 1. The number of nitrogens with zero attached hydrogens (tertiary/aromatic N) is 2. The largest absolute Gasteiger partial charge is 0.416 e. The molecule has 0 aliphatic carbocycles. The molecule has 1 fully saturated rings. The molecule has 1 unspecified atom stereocenters. The van der Waals surface area contributed by atoms with Gasteiger partial charge in [-0.15, -0.1) is 0 Å². The van der Waals surface area contributed by atoms with Crippen molar-refractivity contribution in [3.05, 3.63) is 47.3 Å². The number of aromatic nitrogens is 2. The number of halogens is 3. The van der Waals surface area contributed by atoms with Crippen LogP contribution >= 0.6 is 0 Å². The third kappa shape index (κ3) is 3.74. The van der Waals surface area contributed by atoms with Gasteiger partial charge in [-0.2, -0.15) is 18.3 Å². The minimum atomic E-state index is -4.44. The topological polar surface area (TPSA) is 81.1 Å². The number of alkyl halides is 3. The van der Waals surface area contributed by atoms with Crippen molar-refractivity contribution >= 4 is 21.4 Å². The zero-order chi connectivity index (χ0) is 19.1. The first-order chi connectivity index (χ1) is 12.1. The molecule has 1 saturated heterocycles. The molecule has 2 aromatic rings. The molecule has 1 aliphatic rings. The van der Waals surface area contributed by atoms with E-state index < -0.39 is 27.5 Å². The molecular weight excluding hydrogens is 371 g/mol. The maximum Gasteiger partial charge on any atom is 0.416 e. The molecule has 140 valence electrons. The van der Waals surface area contributed by atoms with E-state index in [4.69, 9.17) is 0 Å². The Morgan fingerprint density at radius 1 is 1.27 bits per heavy atom. The first-order valence-electron chi connectivity index (χ1n) is 7.80. The molecule has 1 aliphatic heterocycles. The predicted octanol–water partition coefficient (Wildman–Crippen LogP) is 2.82. The predicted molar refractivity (Wildman–Crippen MR) is 88.7 cm³/mol. The van der Waals surface area contributed by atoms with Crippen LogP contribution in [0.3, 0.4) is 0 Å². The van der Waals surface area contributed by atoms with Gasteiger partial charge in [-0.05, 0) is 37.6 Å². The summed E-state index contributed by atoms with van der Waals surface area (Å²) >= 11 is 0. The first kappa shape index (κ1) is 18.4. The second-order valence-electron chi connectivity index (χ2n) is 6.17. The van der Waals surface area contributed by atoms with E-state index in [1.807, 2.05) is 0 Å². The van der Waals surface area contributed by atoms with E-state index in [1.165, 1.54) is 23.0 Å². The minimum absolute atomic E-state index is 0.0184. The van der Waals surface area contributed by atoms with Crippen LogP contribution in [0.4, 0.5) is 18.9 Å². The summed E-state index contributed by atoms with van der Waals surface area (Å²) < 4.78 is 62.4. The molecule has 10 heteroatoms. The number of amides is 1. The number of hydrogen-bond donors (Lipinski definition) is 1. The molecule has 1 aromatic carbocycles. The van der Waals surface area contributed by atoms with Gasteiger partial charge in [-0.25, -0.2) is 8.42 Å². The molecule has 1 N–H and O–H groups in total. The normalized spacial score (nSPS) is 19.5. The molecule has 3 rings (SSSR count). The lowest BCUT2D eigenvalue weighted by Gasteiger charge is -2.12. The molecule has 1 aromatic heterocycles. The maximum atomic E-state index is 12.6. The highest BCUT2D eigenvalue weighted by Gasteiger charge is 2.32. The third-order valence-electron chi connectivity index (χ3n) is 4.31. The second-order valence-corrected chi connectivity index (χ2v) is 8.40. The molecular formula is C16H16F3N3O3S. The molecule has 1 atom stereocenters. The Kier molecular flexibility index (Phi) is 4.55. The smallest absolute Gasteiger partial charge is 0.322 e. The van der Waals surface area contributed by atoms with Gasteiger partial charge in [0.15, 0.2) is 9.84 Å². The highest BCUT2D eigenvalue weighted by Crippen LogP contribution is 2.30. The molecule has 26 heavy (non-hydrogen) atoms. The van der Waals surface area contributed by atoms with Gasteiger partial charge in [0, 0.05) is 11.4 Å². The molecule has 2 heterocycles. The summed E-state index contributed by atoms with van der Waals surface area (Å²) in [5.41, 5.74) is 0.172. The highest BCUT2D eigenvalue weighted by atomic mass is 32.2. The van der Waals surface area contributed by atoms with Crippen molar-refractivity contribution in [2.45, 2.75) is 25.6 Å². The number of benzene rings is 1. The Hall–Kier alpha value is -2.36. The fourth-order valence-corrected chi connectivity index (χ4v) is 4.62. The summed E-state index contributed by atoms with van der Waals surface area (Å²) in [6.45, 7) is 1.65. The second kappa shape index (κ2) is 6.42. The van der Waals surface area contributed by atoms with Crippen molar-refractivity contribution in [1.82, 2.24) is 9.78 Å². The molecule has 6 nitrogen and oxygen atoms in total. The number of hydrogen-bond acceptors (Lipinski definition) is 4. The van der Waals surface area contributed by atoms with E-state index >= 15 is 0 Å². The maximum absolute atomic E-state index is 12.6. The summed E-state index contributed by atoms with van der Waals surface area (Å²) in [6.07, 6.45) is -2.67. The number of carbonyl (C=O) groups excluding carboxylic acids is 1. The van der Waals surface area contributed by atoms with Crippen LogP contribution in [0.25, 0.3) is 0 Å². The van der Waals surface area contributed by atoms with Gasteiger partial charge in [-0.1, -0.05) is 0 Å². The summed E-state index contributed by atoms with van der Waals surface area (Å²) in [6, 6.07) is 3.80. The van der Waals surface area contributed by atoms with Crippen molar-refractivity contribution in [3.63, 3.8) is 0 Å². The van der Waals surface area contributed by atoms with Crippen molar-refractivity contribution in [1.29, 1.82) is 0 Å². The Balaban J connectivity index is 1.75. The lowest BCUT2D eigenvalue weighted by molar-refractivity contribution is -0.137. The Morgan fingerprint density at radius 3 is 2.46 bits per heavy atom. The van der Waals surface area contributed by atoms with Gasteiger partial charge in [0.25, 0.3) is 5.91 Å². The van der Waals surface area contributed by atoms with Crippen LogP contribution in [-0.2, 0) is 16.0 Å². The van der Waals surface area contributed by atoms with Crippen LogP contribution in [0.15, 0.2) is 30.5 Å². The molecule has 0 saturated carbocycles.